The molecule has 9 nitrogen and oxygen atoms in total. The average Bonchev–Trinajstić information content (AvgIpc) is 2.33. The van der Waals surface area contributed by atoms with Crippen LogP contribution in [0.4, 0.5) is 0 Å². The van der Waals surface area contributed by atoms with Crippen LogP contribution in [0.25, 0.3) is 10.8 Å². The van der Waals surface area contributed by atoms with Crippen molar-refractivity contribution in [1.82, 2.24) is 0 Å². The number of fused-ring (bicyclic) bond motifs is 1. The Hall–Kier alpha value is -1.57. The fourth-order valence-corrected chi connectivity index (χ4v) is 3.76. The summed E-state index contributed by atoms with van der Waals surface area (Å²) in [5.74, 6) is 0. The van der Waals surface area contributed by atoms with Gasteiger partial charge in [-0.25, -0.2) is 0 Å². The lowest BCUT2D eigenvalue weighted by Gasteiger charge is -2.09. The fourth-order valence-electron chi connectivity index (χ4n) is 1.80. The standard InChI is InChI=1S/C10H7O9S3/c11-20(12,13)6-4-8-7(10(5-6)22(17,18)19)2-1-3-9(8)21(14,15)16/h1-4H,(H,11,12,13)(H,14,15,16)(H,17,18,19). The van der Waals surface area contributed by atoms with Gasteiger partial charge in [0, 0.05) is 16.8 Å². The zero-order valence-electron chi connectivity index (χ0n) is 10.3. The van der Waals surface area contributed by atoms with Gasteiger partial charge in [0.1, 0.15) is 14.7 Å². The van der Waals surface area contributed by atoms with Crippen LogP contribution in [0.5, 0.6) is 0 Å². The van der Waals surface area contributed by atoms with Crippen LogP contribution in [0, 0.1) is 6.07 Å². The largest absolute Gasteiger partial charge is 0.295 e. The molecule has 2 aromatic rings. The molecule has 0 unspecified atom stereocenters. The number of hydrogen-bond donors (Lipinski definition) is 3. The van der Waals surface area contributed by atoms with Gasteiger partial charge in [-0.2, -0.15) is 25.3 Å². The van der Waals surface area contributed by atoms with E-state index in [1.54, 1.807) is 6.07 Å². The van der Waals surface area contributed by atoms with E-state index >= 15 is 0 Å². The summed E-state index contributed by atoms with van der Waals surface area (Å²) >= 11 is 0. The molecule has 119 valence electrons. The number of benzene rings is 2. The maximum Gasteiger partial charge on any atom is 0.295 e. The second kappa shape index (κ2) is 4.97. The minimum atomic E-state index is -4.98. The molecule has 0 heterocycles. The van der Waals surface area contributed by atoms with E-state index in [-0.39, 0.29) is 0 Å². The number of rotatable bonds is 3. The zero-order chi connectivity index (χ0) is 16.9. The van der Waals surface area contributed by atoms with Crippen LogP contribution >= 0.6 is 0 Å². The lowest BCUT2D eigenvalue weighted by Crippen LogP contribution is -2.07. The van der Waals surface area contributed by atoms with Gasteiger partial charge in [-0.15, -0.1) is 0 Å². The molecule has 2 rings (SSSR count). The molecule has 0 aliphatic heterocycles. The van der Waals surface area contributed by atoms with E-state index in [4.69, 9.17) is 13.7 Å². The van der Waals surface area contributed by atoms with E-state index in [1.807, 2.05) is 0 Å². The van der Waals surface area contributed by atoms with Crippen molar-refractivity contribution in [3.63, 3.8) is 0 Å². The molecule has 0 saturated heterocycles. The Morgan fingerprint density at radius 1 is 0.773 bits per heavy atom. The van der Waals surface area contributed by atoms with Gasteiger partial charge < -0.3 is 0 Å². The van der Waals surface area contributed by atoms with E-state index in [0.717, 1.165) is 18.2 Å². The third kappa shape index (κ3) is 3.11. The second-order valence-corrected chi connectivity index (χ2v) is 8.24. The zero-order valence-corrected chi connectivity index (χ0v) is 12.8. The summed E-state index contributed by atoms with van der Waals surface area (Å²) in [4.78, 5) is -2.93. The summed E-state index contributed by atoms with van der Waals surface area (Å²) in [6, 6.07) is 5.43. The van der Waals surface area contributed by atoms with Crippen LogP contribution in [0.15, 0.2) is 39.0 Å². The van der Waals surface area contributed by atoms with Crippen molar-refractivity contribution in [1.29, 1.82) is 0 Å². The molecule has 0 atom stereocenters. The Labute approximate surface area is 125 Å². The first-order valence-corrected chi connectivity index (χ1v) is 9.55. The van der Waals surface area contributed by atoms with Crippen molar-refractivity contribution in [3.05, 3.63) is 30.3 Å². The number of hydrogen-bond acceptors (Lipinski definition) is 6. The summed E-state index contributed by atoms with van der Waals surface area (Å²) in [5, 5.41) is -0.922. The van der Waals surface area contributed by atoms with Gasteiger partial charge in [0.2, 0.25) is 0 Å². The highest BCUT2D eigenvalue weighted by atomic mass is 32.2. The van der Waals surface area contributed by atoms with E-state index in [2.05, 4.69) is 0 Å². The maximum atomic E-state index is 11.3. The van der Waals surface area contributed by atoms with Crippen LogP contribution in [0.3, 0.4) is 0 Å². The van der Waals surface area contributed by atoms with Crippen molar-refractivity contribution < 1.29 is 38.9 Å². The van der Waals surface area contributed by atoms with E-state index in [1.165, 1.54) is 0 Å². The molecule has 0 aromatic heterocycles. The molecule has 1 radical (unpaired) electrons. The molecule has 0 spiro atoms. The van der Waals surface area contributed by atoms with E-state index in [9.17, 15) is 25.3 Å². The normalized spacial score (nSPS) is 13.4. The minimum absolute atomic E-state index is 0.398. The quantitative estimate of drug-likeness (QED) is 0.650. The highest BCUT2D eigenvalue weighted by Gasteiger charge is 2.24. The molecule has 0 bridgehead atoms. The summed E-state index contributed by atoms with van der Waals surface area (Å²) in [6.45, 7) is 0. The third-order valence-corrected chi connectivity index (χ3v) is 5.16. The van der Waals surface area contributed by atoms with Gasteiger partial charge in [-0.1, -0.05) is 12.1 Å². The van der Waals surface area contributed by atoms with Gasteiger partial charge in [0.15, 0.2) is 0 Å². The Morgan fingerprint density at radius 3 is 1.82 bits per heavy atom. The van der Waals surface area contributed by atoms with E-state index < -0.39 is 55.8 Å². The first-order chi connectivity index (χ1) is 9.82. The predicted molar refractivity (Wildman–Crippen MR) is 72.2 cm³/mol. The summed E-state index contributed by atoms with van der Waals surface area (Å²) in [6.07, 6.45) is 0. The smallest absolute Gasteiger partial charge is 0.282 e. The molecule has 22 heavy (non-hydrogen) atoms. The average molecular weight is 367 g/mol. The minimum Gasteiger partial charge on any atom is -0.282 e. The van der Waals surface area contributed by atoms with Crippen molar-refractivity contribution in [3.8, 4) is 0 Å². The predicted octanol–water partition coefficient (Wildman–Crippen LogP) is 0.380. The third-order valence-electron chi connectivity index (χ3n) is 2.64. The molecule has 0 aliphatic carbocycles. The van der Waals surface area contributed by atoms with Gasteiger partial charge in [0.25, 0.3) is 30.4 Å². The Morgan fingerprint density at radius 2 is 1.36 bits per heavy atom. The van der Waals surface area contributed by atoms with Gasteiger partial charge in [-0.05, 0) is 12.1 Å². The van der Waals surface area contributed by atoms with Crippen molar-refractivity contribution in [2.24, 2.45) is 0 Å². The lowest BCUT2D eigenvalue weighted by molar-refractivity contribution is 0.478. The van der Waals surface area contributed by atoms with Crippen LogP contribution in [0.2, 0.25) is 0 Å². The van der Waals surface area contributed by atoms with E-state index in [0.29, 0.717) is 6.07 Å². The van der Waals surface area contributed by atoms with Gasteiger partial charge in [0.05, 0.1) is 0 Å². The summed E-state index contributed by atoms with van der Waals surface area (Å²) < 4.78 is 94.8. The first kappa shape index (κ1) is 16.8. The summed E-state index contributed by atoms with van der Waals surface area (Å²) in [5.41, 5.74) is 0. The van der Waals surface area contributed by atoms with Crippen LogP contribution in [0.1, 0.15) is 0 Å². The fraction of sp³-hybridized carbons (Fsp3) is 0. The topological polar surface area (TPSA) is 163 Å². The molecule has 0 saturated carbocycles. The molecule has 3 N–H and O–H groups in total. The molecular weight excluding hydrogens is 360 g/mol. The Bertz CT molecular complexity index is 1080. The Kier molecular flexibility index (Phi) is 3.80. The van der Waals surface area contributed by atoms with Crippen molar-refractivity contribution in [2.75, 3.05) is 0 Å². The molecule has 12 heteroatoms. The molecular formula is C10H7O9S3. The van der Waals surface area contributed by atoms with Crippen LogP contribution < -0.4 is 0 Å². The molecule has 2 aromatic carbocycles. The van der Waals surface area contributed by atoms with Gasteiger partial charge >= 0.3 is 0 Å². The van der Waals surface area contributed by atoms with Crippen LogP contribution in [-0.2, 0) is 30.4 Å². The van der Waals surface area contributed by atoms with Gasteiger partial charge in [-0.3, -0.25) is 13.7 Å². The van der Waals surface area contributed by atoms with Crippen molar-refractivity contribution in [2.45, 2.75) is 14.7 Å². The highest BCUT2D eigenvalue weighted by molar-refractivity contribution is 7.87. The monoisotopic (exact) mass is 367 g/mol. The SMILES string of the molecule is O=S(=O)(O)c1[c]c(S(=O)(=O)O)c2cccc(S(=O)(=O)O)c2c1. The van der Waals surface area contributed by atoms with Crippen LogP contribution in [-0.4, -0.2) is 38.9 Å². The molecule has 0 amide bonds. The lowest BCUT2D eigenvalue weighted by atomic mass is 10.1. The first-order valence-electron chi connectivity index (χ1n) is 5.23. The molecule has 0 fully saturated rings. The Balaban J connectivity index is 3.17. The second-order valence-electron chi connectivity index (χ2n) is 4.11. The molecule has 0 aliphatic rings. The maximum absolute atomic E-state index is 11.3. The van der Waals surface area contributed by atoms with Crippen molar-refractivity contribution >= 4 is 41.1 Å². The summed E-state index contributed by atoms with van der Waals surface area (Å²) in [7, 11) is -14.7. The highest BCUT2D eigenvalue weighted by Crippen LogP contribution is 2.31.